The molecule has 0 aromatic carbocycles. The van der Waals surface area contributed by atoms with Gasteiger partial charge in [0.15, 0.2) is 0 Å². The van der Waals surface area contributed by atoms with Crippen LogP contribution in [0.15, 0.2) is 23.2 Å². The number of rotatable bonds is 8. The Hall–Kier alpha value is -1.67. The molecule has 1 amide bonds. The van der Waals surface area contributed by atoms with Gasteiger partial charge in [-0.3, -0.25) is 4.79 Å². The van der Waals surface area contributed by atoms with E-state index in [2.05, 4.69) is 15.0 Å². The number of nitrogens with two attached hydrogens (primary N) is 1. The molecular formula is C12H20N4O3S. The second-order valence-electron chi connectivity index (χ2n) is 4.50. The maximum atomic E-state index is 12.0. The van der Waals surface area contributed by atoms with E-state index in [1.807, 2.05) is 6.92 Å². The first-order valence-corrected chi connectivity index (χ1v) is 7.84. The largest absolute Gasteiger partial charge is 0.370 e. The van der Waals surface area contributed by atoms with Gasteiger partial charge in [-0.1, -0.05) is 6.92 Å². The minimum absolute atomic E-state index is 0.0517. The van der Waals surface area contributed by atoms with Crippen LogP contribution >= 0.6 is 0 Å². The first-order valence-electron chi connectivity index (χ1n) is 6.35. The second kappa shape index (κ2) is 7.20. The predicted molar refractivity (Wildman–Crippen MR) is 76.6 cm³/mol. The number of hydrogen-bond donors (Lipinski definition) is 3. The Morgan fingerprint density at radius 1 is 1.45 bits per heavy atom. The molecule has 1 aromatic rings. The molecule has 0 saturated carbocycles. The quantitative estimate of drug-likeness (QED) is 0.644. The van der Waals surface area contributed by atoms with Crippen molar-refractivity contribution in [2.75, 3.05) is 11.9 Å². The van der Waals surface area contributed by atoms with Crippen LogP contribution in [0.5, 0.6) is 0 Å². The van der Waals surface area contributed by atoms with Crippen molar-refractivity contribution in [2.45, 2.75) is 37.6 Å². The third kappa shape index (κ3) is 5.14. The molecule has 0 aliphatic rings. The van der Waals surface area contributed by atoms with E-state index in [9.17, 15) is 13.2 Å². The number of sulfonamides is 1. The summed E-state index contributed by atoms with van der Waals surface area (Å²) in [5.41, 5.74) is 5.02. The second-order valence-corrected chi connectivity index (χ2v) is 6.21. The number of primary amides is 1. The fourth-order valence-corrected chi connectivity index (χ4v) is 2.76. The highest BCUT2D eigenvalue weighted by atomic mass is 32.2. The molecule has 0 aliphatic carbocycles. The number of carbonyl (C=O) groups is 1. The minimum atomic E-state index is -3.69. The van der Waals surface area contributed by atoms with E-state index in [1.165, 1.54) is 12.3 Å². The van der Waals surface area contributed by atoms with Crippen molar-refractivity contribution in [2.24, 2.45) is 5.73 Å². The number of anilines is 1. The van der Waals surface area contributed by atoms with Crippen molar-refractivity contribution >= 4 is 21.7 Å². The summed E-state index contributed by atoms with van der Waals surface area (Å²) in [5.74, 6) is 0.0634. The van der Waals surface area contributed by atoms with Gasteiger partial charge >= 0.3 is 0 Å². The molecule has 0 radical (unpaired) electrons. The van der Waals surface area contributed by atoms with Crippen LogP contribution in [-0.2, 0) is 14.8 Å². The van der Waals surface area contributed by atoms with Crippen LogP contribution in [0.4, 0.5) is 5.82 Å². The van der Waals surface area contributed by atoms with Gasteiger partial charge in [0.05, 0.1) is 0 Å². The first kappa shape index (κ1) is 16.4. The van der Waals surface area contributed by atoms with Crippen molar-refractivity contribution < 1.29 is 13.2 Å². The Morgan fingerprint density at radius 3 is 2.65 bits per heavy atom. The Morgan fingerprint density at radius 2 is 2.15 bits per heavy atom. The molecule has 0 saturated heterocycles. The van der Waals surface area contributed by atoms with Crippen molar-refractivity contribution in [3.8, 4) is 0 Å². The van der Waals surface area contributed by atoms with Crippen molar-refractivity contribution in [3.05, 3.63) is 18.3 Å². The fraction of sp³-hybridized carbons (Fsp3) is 0.500. The number of carbonyl (C=O) groups excluding carboxylic acids is 1. The molecule has 0 fully saturated rings. The SMILES string of the molecule is CCCNc1ccc(S(=O)(=O)NC(C)CC(N)=O)cn1. The summed E-state index contributed by atoms with van der Waals surface area (Å²) in [6, 6.07) is 2.50. The average Bonchev–Trinajstić information content (AvgIpc) is 2.35. The van der Waals surface area contributed by atoms with E-state index in [0.29, 0.717) is 5.82 Å². The third-order valence-corrected chi connectivity index (χ3v) is 4.04. The predicted octanol–water partition coefficient (Wildman–Crippen LogP) is 0.446. The van der Waals surface area contributed by atoms with Crippen LogP contribution in [0.25, 0.3) is 0 Å². The van der Waals surface area contributed by atoms with Gasteiger partial charge in [-0.15, -0.1) is 0 Å². The zero-order valence-corrected chi connectivity index (χ0v) is 12.4. The van der Waals surface area contributed by atoms with Crippen molar-refractivity contribution in [1.82, 2.24) is 9.71 Å². The maximum Gasteiger partial charge on any atom is 0.242 e. The number of hydrogen-bond acceptors (Lipinski definition) is 5. The summed E-state index contributed by atoms with van der Waals surface area (Å²) in [4.78, 5) is 14.8. The van der Waals surface area contributed by atoms with Crippen LogP contribution in [-0.4, -0.2) is 31.9 Å². The zero-order chi connectivity index (χ0) is 15.2. The van der Waals surface area contributed by atoms with Crippen LogP contribution in [0.1, 0.15) is 26.7 Å². The van der Waals surface area contributed by atoms with Crippen LogP contribution in [0.3, 0.4) is 0 Å². The Bertz CT molecular complexity index is 542. The van der Waals surface area contributed by atoms with Gasteiger partial charge < -0.3 is 11.1 Å². The average molecular weight is 300 g/mol. The molecule has 0 bridgehead atoms. The lowest BCUT2D eigenvalue weighted by Gasteiger charge is -2.12. The molecule has 7 nitrogen and oxygen atoms in total. The van der Waals surface area contributed by atoms with E-state index in [-0.39, 0.29) is 11.3 Å². The fourth-order valence-electron chi connectivity index (χ4n) is 1.57. The van der Waals surface area contributed by atoms with Gasteiger partial charge in [-0.2, -0.15) is 0 Å². The summed E-state index contributed by atoms with van der Waals surface area (Å²) in [5, 5.41) is 3.05. The van der Waals surface area contributed by atoms with E-state index in [0.717, 1.165) is 13.0 Å². The molecule has 20 heavy (non-hydrogen) atoms. The van der Waals surface area contributed by atoms with Crippen LogP contribution < -0.4 is 15.8 Å². The molecule has 1 aromatic heterocycles. The Labute approximate surface area is 119 Å². The van der Waals surface area contributed by atoms with E-state index in [1.54, 1.807) is 13.0 Å². The molecule has 0 aliphatic heterocycles. The normalized spacial score (nSPS) is 12.9. The summed E-state index contributed by atoms with van der Waals surface area (Å²) in [7, 11) is -3.69. The van der Waals surface area contributed by atoms with Gasteiger partial charge in [0.2, 0.25) is 15.9 Å². The van der Waals surface area contributed by atoms with E-state index < -0.39 is 22.0 Å². The number of nitrogens with zero attached hydrogens (tertiary/aromatic N) is 1. The molecule has 8 heteroatoms. The van der Waals surface area contributed by atoms with Gasteiger partial charge in [0.25, 0.3) is 0 Å². The minimum Gasteiger partial charge on any atom is -0.370 e. The Kier molecular flexibility index (Phi) is 5.90. The summed E-state index contributed by atoms with van der Waals surface area (Å²) in [6.07, 6.45) is 2.17. The number of aromatic nitrogens is 1. The number of nitrogens with one attached hydrogen (secondary N) is 2. The highest BCUT2D eigenvalue weighted by Gasteiger charge is 2.18. The molecular weight excluding hydrogens is 280 g/mol. The molecule has 1 rings (SSSR count). The smallest absolute Gasteiger partial charge is 0.242 e. The molecule has 112 valence electrons. The maximum absolute atomic E-state index is 12.0. The number of pyridine rings is 1. The highest BCUT2D eigenvalue weighted by Crippen LogP contribution is 2.11. The van der Waals surface area contributed by atoms with Gasteiger partial charge in [0.1, 0.15) is 10.7 Å². The third-order valence-electron chi connectivity index (χ3n) is 2.47. The van der Waals surface area contributed by atoms with Crippen LogP contribution in [0, 0.1) is 0 Å². The molecule has 4 N–H and O–H groups in total. The van der Waals surface area contributed by atoms with Gasteiger partial charge in [-0.05, 0) is 25.5 Å². The number of amides is 1. The van der Waals surface area contributed by atoms with E-state index >= 15 is 0 Å². The van der Waals surface area contributed by atoms with Gasteiger partial charge in [-0.25, -0.2) is 18.1 Å². The topological polar surface area (TPSA) is 114 Å². The summed E-state index contributed by atoms with van der Waals surface area (Å²) >= 11 is 0. The molecule has 0 spiro atoms. The summed E-state index contributed by atoms with van der Waals surface area (Å²) in [6.45, 7) is 4.37. The molecule has 1 atom stereocenters. The standard InChI is InChI=1S/C12H20N4O3S/c1-3-6-14-12-5-4-10(8-15-12)20(18,19)16-9(2)7-11(13)17/h4-5,8-9,16H,3,6-7H2,1-2H3,(H2,13,17)(H,14,15). The zero-order valence-electron chi connectivity index (χ0n) is 11.6. The summed E-state index contributed by atoms with van der Waals surface area (Å²) < 4.78 is 26.4. The lowest BCUT2D eigenvalue weighted by molar-refractivity contribution is -0.118. The highest BCUT2D eigenvalue weighted by molar-refractivity contribution is 7.89. The monoisotopic (exact) mass is 300 g/mol. The lowest BCUT2D eigenvalue weighted by atomic mass is 10.2. The first-order chi connectivity index (χ1) is 9.35. The van der Waals surface area contributed by atoms with E-state index in [4.69, 9.17) is 5.73 Å². The van der Waals surface area contributed by atoms with Crippen molar-refractivity contribution in [1.29, 1.82) is 0 Å². The lowest BCUT2D eigenvalue weighted by Crippen LogP contribution is -2.35. The molecule has 1 unspecified atom stereocenters. The Balaban J connectivity index is 2.74. The molecule has 1 heterocycles. The van der Waals surface area contributed by atoms with Gasteiger partial charge in [0, 0.05) is 25.2 Å². The van der Waals surface area contributed by atoms with Crippen LogP contribution in [0.2, 0.25) is 0 Å². The van der Waals surface area contributed by atoms with Crippen molar-refractivity contribution in [3.63, 3.8) is 0 Å².